The molecule has 4 heteroatoms. The molecule has 1 saturated carbocycles. The SMILES string of the molecule is [NH3+][C@@]1(C(=O)O)C[C@@H]1c1ccc(O)cc1. The van der Waals surface area contributed by atoms with Gasteiger partial charge in [0.2, 0.25) is 5.54 Å². The summed E-state index contributed by atoms with van der Waals surface area (Å²) in [6.45, 7) is 0. The molecule has 0 unspecified atom stereocenters. The van der Waals surface area contributed by atoms with E-state index in [4.69, 9.17) is 10.2 Å². The lowest BCUT2D eigenvalue weighted by Gasteiger charge is -2.02. The van der Waals surface area contributed by atoms with Gasteiger partial charge in [-0.25, -0.2) is 4.79 Å². The molecule has 1 aromatic rings. The Balaban J connectivity index is 2.21. The molecule has 0 aliphatic heterocycles. The molecule has 0 radical (unpaired) electrons. The van der Waals surface area contributed by atoms with Crippen LogP contribution in [0.2, 0.25) is 0 Å². The van der Waals surface area contributed by atoms with Crippen molar-refractivity contribution in [2.45, 2.75) is 17.9 Å². The summed E-state index contributed by atoms with van der Waals surface area (Å²) in [6.07, 6.45) is 0.576. The van der Waals surface area contributed by atoms with E-state index in [1.165, 1.54) is 0 Å². The normalized spacial score (nSPS) is 29.9. The maximum atomic E-state index is 10.8. The topological polar surface area (TPSA) is 85.2 Å². The minimum Gasteiger partial charge on any atom is -0.508 e. The summed E-state index contributed by atoms with van der Waals surface area (Å²) in [6, 6.07) is 6.62. The Morgan fingerprint density at radius 2 is 2.00 bits per heavy atom. The first-order valence-corrected chi connectivity index (χ1v) is 4.42. The second-order valence-electron chi connectivity index (χ2n) is 3.81. The molecule has 5 N–H and O–H groups in total. The monoisotopic (exact) mass is 194 g/mol. The number of hydrogen-bond acceptors (Lipinski definition) is 2. The molecule has 1 fully saturated rings. The molecule has 0 bridgehead atoms. The van der Waals surface area contributed by atoms with Crippen LogP contribution < -0.4 is 5.73 Å². The quantitative estimate of drug-likeness (QED) is 0.616. The van der Waals surface area contributed by atoms with E-state index >= 15 is 0 Å². The number of aliphatic carboxylic acids is 1. The summed E-state index contributed by atoms with van der Waals surface area (Å²) in [5, 5.41) is 18.0. The number of hydrogen-bond donors (Lipinski definition) is 3. The van der Waals surface area contributed by atoms with E-state index in [1.54, 1.807) is 24.3 Å². The van der Waals surface area contributed by atoms with Gasteiger partial charge in [-0.15, -0.1) is 0 Å². The van der Waals surface area contributed by atoms with Crippen LogP contribution in [0, 0.1) is 0 Å². The molecular weight excluding hydrogens is 182 g/mol. The van der Waals surface area contributed by atoms with Crippen LogP contribution in [0.25, 0.3) is 0 Å². The Morgan fingerprint density at radius 1 is 1.43 bits per heavy atom. The first-order valence-electron chi connectivity index (χ1n) is 4.42. The van der Waals surface area contributed by atoms with Gasteiger partial charge >= 0.3 is 5.97 Å². The number of phenolic OH excluding ortho intramolecular Hbond substituents is 1. The molecular formula is C10H12NO3+. The summed E-state index contributed by atoms with van der Waals surface area (Å²) in [4.78, 5) is 10.8. The van der Waals surface area contributed by atoms with Crippen molar-refractivity contribution < 1.29 is 20.7 Å². The van der Waals surface area contributed by atoms with Crippen LogP contribution in [0.3, 0.4) is 0 Å². The van der Waals surface area contributed by atoms with E-state index in [0.29, 0.717) is 6.42 Å². The van der Waals surface area contributed by atoms with Crippen molar-refractivity contribution in [3.05, 3.63) is 29.8 Å². The van der Waals surface area contributed by atoms with E-state index in [2.05, 4.69) is 5.73 Å². The third kappa shape index (κ3) is 1.24. The molecule has 14 heavy (non-hydrogen) atoms. The predicted molar refractivity (Wildman–Crippen MR) is 48.7 cm³/mol. The summed E-state index contributed by atoms with van der Waals surface area (Å²) < 4.78 is 0. The molecule has 74 valence electrons. The van der Waals surface area contributed by atoms with Gasteiger partial charge in [-0.1, -0.05) is 12.1 Å². The van der Waals surface area contributed by atoms with Crippen LogP contribution in [0.1, 0.15) is 17.9 Å². The Bertz CT molecular complexity index is 373. The van der Waals surface area contributed by atoms with Crippen LogP contribution >= 0.6 is 0 Å². The van der Waals surface area contributed by atoms with Crippen molar-refractivity contribution in [3.63, 3.8) is 0 Å². The van der Waals surface area contributed by atoms with Gasteiger partial charge in [0.1, 0.15) is 5.75 Å². The van der Waals surface area contributed by atoms with Gasteiger partial charge in [-0.3, -0.25) is 0 Å². The summed E-state index contributed by atoms with van der Waals surface area (Å²) in [5.41, 5.74) is 3.78. The van der Waals surface area contributed by atoms with E-state index in [0.717, 1.165) is 5.56 Å². The Labute approximate surface area is 81.0 Å². The van der Waals surface area contributed by atoms with Crippen molar-refractivity contribution in [1.29, 1.82) is 0 Å². The van der Waals surface area contributed by atoms with Gasteiger partial charge < -0.3 is 15.9 Å². The van der Waals surface area contributed by atoms with E-state index in [-0.39, 0.29) is 11.7 Å². The zero-order valence-electron chi connectivity index (χ0n) is 7.60. The summed E-state index contributed by atoms with van der Waals surface area (Å²) >= 11 is 0. The second kappa shape index (κ2) is 2.72. The summed E-state index contributed by atoms with van der Waals surface area (Å²) in [5.74, 6) is -0.671. The van der Waals surface area contributed by atoms with Crippen molar-refractivity contribution in [2.75, 3.05) is 0 Å². The highest BCUT2D eigenvalue weighted by molar-refractivity contribution is 5.82. The van der Waals surface area contributed by atoms with Gasteiger partial charge in [0.05, 0.1) is 5.92 Å². The van der Waals surface area contributed by atoms with Crippen molar-refractivity contribution in [2.24, 2.45) is 0 Å². The molecule has 2 atom stereocenters. The molecule has 1 aliphatic carbocycles. The Hall–Kier alpha value is -1.55. The van der Waals surface area contributed by atoms with E-state index in [9.17, 15) is 4.79 Å². The number of carboxylic acid groups (broad SMARTS) is 1. The lowest BCUT2D eigenvalue weighted by molar-refractivity contribution is -0.426. The zero-order chi connectivity index (χ0) is 10.3. The van der Waals surface area contributed by atoms with Crippen LogP contribution in [-0.2, 0) is 4.79 Å². The van der Waals surface area contributed by atoms with Crippen LogP contribution in [-0.4, -0.2) is 21.7 Å². The van der Waals surface area contributed by atoms with Crippen molar-refractivity contribution in [1.82, 2.24) is 0 Å². The highest BCUT2D eigenvalue weighted by Gasteiger charge is 2.62. The smallest absolute Gasteiger partial charge is 0.366 e. The van der Waals surface area contributed by atoms with Gasteiger partial charge in [-0.2, -0.15) is 0 Å². The average molecular weight is 194 g/mol. The number of benzene rings is 1. The van der Waals surface area contributed by atoms with Gasteiger partial charge in [0, 0.05) is 6.42 Å². The number of phenols is 1. The molecule has 1 aliphatic rings. The fourth-order valence-corrected chi connectivity index (χ4v) is 1.69. The molecule has 0 spiro atoms. The van der Waals surface area contributed by atoms with E-state index < -0.39 is 11.5 Å². The third-order valence-electron chi connectivity index (χ3n) is 2.80. The van der Waals surface area contributed by atoms with Crippen LogP contribution in [0.4, 0.5) is 0 Å². The predicted octanol–water partition coefficient (Wildman–Crippen LogP) is -0.0552. The average Bonchev–Trinajstić information content (AvgIpc) is 2.81. The molecule has 4 nitrogen and oxygen atoms in total. The number of rotatable bonds is 2. The minimum absolute atomic E-state index is 0.0133. The molecule has 0 amide bonds. The fourth-order valence-electron chi connectivity index (χ4n) is 1.69. The minimum atomic E-state index is -0.851. The molecule has 1 aromatic carbocycles. The number of carboxylic acids is 1. The van der Waals surface area contributed by atoms with Crippen molar-refractivity contribution in [3.8, 4) is 5.75 Å². The third-order valence-corrected chi connectivity index (χ3v) is 2.80. The Kier molecular flexibility index (Phi) is 1.75. The van der Waals surface area contributed by atoms with Gasteiger partial charge in [0.15, 0.2) is 0 Å². The highest BCUT2D eigenvalue weighted by atomic mass is 16.4. The number of quaternary nitrogens is 1. The van der Waals surface area contributed by atoms with Crippen molar-refractivity contribution >= 4 is 5.97 Å². The van der Waals surface area contributed by atoms with E-state index in [1.807, 2.05) is 0 Å². The fraction of sp³-hybridized carbons (Fsp3) is 0.300. The van der Waals surface area contributed by atoms with Gasteiger partial charge in [-0.05, 0) is 17.7 Å². The van der Waals surface area contributed by atoms with Crippen LogP contribution in [0.5, 0.6) is 5.75 Å². The largest absolute Gasteiger partial charge is 0.508 e. The maximum absolute atomic E-state index is 10.8. The summed E-state index contributed by atoms with van der Waals surface area (Å²) in [7, 11) is 0. The lowest BCUT2D eigenvalue weighted by atomic mass is 10.1. The molecule has 0 saturated heterocycles. The zero-order valence-corrected chi connectivity index (χ0v) is 7.60. The maximum Gasteiger partial charge on any atom is 0.366 e. The molecule has 0 aromatic heterocycles. The molecule has 0 heterocycles. The van der Waals surface area contributed by atoms with Gasteiger partial charge in [0.25, 0.3) is 0 Å². The van der Waals surface area contributed by atoms with Crippen LogP contribution in [0.15, 0.2) is 24.3 Å². The first kappa shape index (κ1) is 9.02. The number of carbonyl (C=O) groups is 1. The first-order chi connectivity index (χ1) is 6.54. The number of aromatic hydroxyl groups is 1. The Morgan fingerprint density at radius 3 is 2.43 bits per heavy atom. The highest BCUT2D eigenvalue weighted by Crippen LogP contribution is 2.48. The second-order valence-corrected chi connectivity index (χ2v) is 3.81. The molecule has 2 rings (SSSR count). The lowest BCUT2D eigenvalue weighted by Crippen LogP contribution is -2.68. The standard InChI is InChI=1S/C10H11NO3/c11-10(9(13)14)5-8(10)6-1-3-7(12)4-2-6/h1-4,8,12H,5,11H2,(H,13,14)/p+1/t8-,10+/m1/s1.